The lowest BCUT2D eigenvalue weighted by molar-refractivity contribution is -0.160. The van der Waals surface area contributed by atoms with E-state index in [0.717, 1.165) is 27.2 Å². The van der Waals surface area contributed by atoms with Gasteiger partial charge in [0.05, 0.1) is 11.8 Å². The summed E-state index contributed by atoms with van der Waals surface area (Å²) in [7, 11) is 0. The van der Waals surface area contributed by atoms with Crippen molar-refractivity contribution in [3.05, 3.63) is 100 Å². The molecule has 40 heavy (non-hydrogen) atoms. The fraction of sp³-hybridized carbons (Fsp3) is 0.312. The van der Waals surface area contributed by atoms with Crippen LogP contribution in [0.25, 0.3) is 0 Å². The van der Waals surface area contributed by atoms with Crippen molar-refractivity contribution in [2.24, 2.45) is 17.8 Å². The predicted molar refractivity (Wildman–Crippen MR) is 150 cm³/mol. The van der Waals surface area contributed by atoms with Gasteiger partial charge in [0.2, 0.25) is 11.8 Å². The van der Waals surface area contributed by atoms with Crippen molar-refractivity contribution in [1.29, 1.82) is 0 Å². The zero-order valence-electron chi connectivity index (χ0n) is 22.2. The molecule has 1 N–H and O–H groups in total. The summed E-state index contributed by atoms with van der Waals surface area (Å²) in [6.07, 6.45) is 0.240. The molecule has 2 bridgehead atoms. The number of esters is 1. The summed E-state index contributed by atoms with van der Waals surface area (Å²) >= 11 is 5.89. The van der Waals surface area contributed by atoms with E-state index < -0.39 is 36.4 Å². The van der Waals surface area contributed by atoms with E-state index >= 15 is 0 Å². The number of anilines is 1. The largest absolute Gasteiger partial charge is 0.454 e. The Labute approximate surface area is 237 Å². The molecule has 0 aromatic heterocycles. The Balaban J connectivity index is 1.27. The SMILES string of the molecule is CC(C)C[C@H](C(=O)OCC(=O)Nc1ccc(Cl)cc1)N1C(=O)[C@@H]2C3c4ccccc4C(c4ccccc43)[C@H]2C1=O. The van der Waals surface area contributed by atoms with Crippen molar-refractivity contribution in [3.63, 3.8) is 0 Å². The second kappa shape index (κ2) is 10.2. The zero-order valence-corrected chi connectivity index (χ0v) is 22.9. The van der Waals surface area contributed by atoms with Crippen LogP contribution in [0.15, 0.2) is 72.8 Å². The van der Waals surface area contributed by atoms with Gasteiger partial charge in [-0.2, -0.15) is 0 Å². The number of carbonyl (C=O) groups excluding carboxylic acids is 4. The maximum atomic E-state index is 14.1. The number of amides is 3. The van der Waals surface area contributed by atoms with Gasteiger partial charge in [-0.3, -0.25) is 19.3 Å². The number of likely N-dealkylation sites (tertiary alicyclic amines) is 1. The summed E-state index contributed by atoms with van der Waals surface area (Å²) in [5.41, 5.74) is 4.77. The van der Waals surface area contributed by atoms with Crippen LogP contribution in [-0.2, 0) is 23.9 Å². The minimum atomic E-state index is -1.11. The van der Waals surface area contributed by atoms with E-state index in [1.54, 1.807) is 24.3 Å². The second-order valence-electron chi connectivity index (χ2n) is 11.1. The number of benzene rings is 3. The van der Waals surface area contributed by atoms with Crippen LogP contribution >= 0.6 is 11.6 Å². The molecule has 204 valence electrons. The normalized spacial score (nSPS) is 22.9. The minimum absolute atomic E-state index is 0.00483. The molecular weight excluding hydrogens is 528 g/mol. The molecule has 3 amide bonds. The maximum absolute atomic E-state index is 14.1. The number of ether oxygens (including phenoxy) is 1. The van der Waals surface area contributed by atoms with Gasteiger partial charge in [-0.1, -0.05) is 74.0 Å². The Morgan fingerprint density at radius 1 is 0.825 bits per heavy atom. The first-order chi connectivity index (χ1) is 19.3. The van der Waals surface area contributed by atoms with Crippen LogP contribution in [0.5, 0.6) is 0 Å². The number of carbonyl (C=O) groups is 4. The molecule has 1 aliphatic heterocycles. The van der Waals surface area contributed by atoms with Gasteiger partial charge < -0.3 is 10.1 Å². The molecule has 0 spiro atoms. The highest BCUT2D eigenvalue weighted by Crippen LogP contribution is 2.61. The number of hydrogen-bond acceptors (Lipinski definition) is 5. The van der Waals surface area contributed by atoms with E-state index in [0.29, 0.717) is 10.7 Å². The first-order valence-corrected chi connectivity index (χ1v) is 13.9. The first-order valence-electron chi connectivity index (χ1n) is 13.5. The highest BCUT2D eigenvalue weighted by Gasteiger charge is 2.63. The van der Waals surface area contributed by atoms with Crippen molar-refractivity contribution in [2.75, 3.05) is 11.9 Å². The average molecular weight is 557 g/mol. The van der Waals surface area contributed by atoms with Crippen molar-refractivity contribution in [2.45, 2.75) is 38.1 Å². The van der Waals surface area contributed by atoms with Crippen molar-refractivity contribution < 1.29 is 23.9 Å². The minimum Gasteiger partial charge on any atom is -0.454 e. The number of nitrogens with zero attached hydrogens (tertiary/aromatic N) is 1. The smallest absolute Gasteiger partial charge is 0.329 e. The number of hydrogen-bond donors (Lipinski definition) is 1. The summed E-state index contributed by atoms with van der Waals surface area (Å²) in [6.45, 7) is 3.29. The zero-order chi connectivity index (χ0) is 28.1. The number of rotatable bonds is 7. The maximum Gasteiger partial charge on any atom is 0.329 e. The van der Waals surface area contributed by atoms with Gasteiger partial charge in [0.15, 0.2) is 6.61 Å². The molecule has 0 unspecified atom stereocenters. The third kappa shape index (κ3) is 4.29. The van der Waals surface area contributed by atoms with Crippen LogP contribution in [0.2, 0.25) is 5.02 Å². The summed E-state index contributed by atoms with van der Waals surface area (Å²) < 4.78 is 5.40. The molecule has 7 rings (SSSR count). The van der Waals surface area contributed by atoms with Crippen LogP contribution < -0.4 is 5.32 Å². The van der Waals surface area contributed by atoms with Gasteiger partial charge in [0.25, 0.3) is 5.91 Å². The van der Waals surface area contributed by atoms with Gasteiger partial charge in [0, 0.05) is 22.5 Å². The van der Waals surface area contributed by atoms with Gasteiger partial charge in [-0.05, 0) is 58.9 Å². The molecular formula is C32H29ClN2O5. The highest BCUT2D eigenvalue weighted by molar-refractivity contribution is 6.30. The average Bonchev–Trinajstić information content (AvgIpc) is 3.21. The van der Waals surface area contributed by atoms with E-state index in [1.807, 2.05) is 62.4 Å². The van der Waals surface area contributed by atoms with Crippen LogP contribution in [0, 0.1) is 17.8 Å². The summed E-state index contributed by atoms with van der Waals surface area (Å²) in [5.74, 6) is -3.68. The van der Waals surface area contributed by atoms with E-state index in [2.05, 4.69) is 5.32 Å². The van der Waals surface area contributed by atoms with Crippen molar-refractivity contribution in [3.8, 4) is 0 Å². The molecule has 0 radical (unpaired) electrons. The Kier molecular flexibility index (Phi) is 6.70. The van der Waals surface area contributed by atoms with Crippen LogP contribution in [0.1, 0.15) is 54.4 Å². The molecule has 3 aromatic rings. The van der Waals surface area contributed by atoms with E-state index in [9.17, 15) is 19.2 Å². The molecule has 3 aromatic carbocycles. The number of halogens is 1. The van der Waals surface area contributed by atoms with E-state index in [-0.39, 0.29) is 36.0 Å². The van der Waals surface area contributed by atoms with Gasteiger partial charge in [-0.25, -0.2) is 4.79 Å². The highest BCUT2D eigenvalue weighted by atomic mass is 35.5. The van der Waals surface area contributed by atoms with Gasteiger partial charge in [-0.15, -0.1) is 0 Å². The molecule has 0 saturated carbocycles. The van der Waals surface area contributed by atoms with Gasteiger partial charge in [0.1, 0.15) is 6.04 Å². The van der Waals surface area contributed by atoms with E-state index in [1.165, 1.54) is 0 Å². The van der Waals surface area contributed by atoms with Crippen molar-refractivity contribution >= 4 is 41.0 Å². The third-order valence-electron chi connectivity index (χ3n) is 8.23. The molecule has 7 nitrogen and oxygen atoms in total. The fourth-order valence-electron chi connectivity index (χ4n) is 6.72. The molecule has 3 aliphatic carbocycles. The topological polar surface area (TPSA) is 92.8 Å². The fourth-order valence-corrected chi connectivity index (χ4v) is 6.85. The Hall–Kier alpha value is -3.97. The monoisotopic (exact) mass is 556 g/mol. The first kappa shape index (κ1) is 26.3. The lowest BCUT2D eigenvalue weighted by Gasteiger charge is -2.45. The van der Waals surface area contributed by atoms with E-state index in [4.69, 9.17) is 16.3 Å². The van der Waals surface area contributed by atoms with Crippen molar-refractivity contribution in [1.82, 2.24) is 4.90 Å². The third-order valence-corrected chi connectivity index (χ3v) is 8.49. The molecule has 3 atom stereocenters. The summed E-state index contributed by atoms with van der Waals surface area (Å²) in [4.78, 5) is 55.2. The second-order valence-corrected chi connectivity index (χ2v) is 11.6. The Bertz CT molecular complexity index is 1400. The predicted octanol–water partition coefficient (Wildman–Crippen LogP) is 5.13. The Morgan fingerprint density at radius 2 is 1.30 bits per heavy atom. The van der Waals surface area contributed by atoms with Gasteiger partial charge >= 0.3 is 5.97 Å². The Morgan fingerprint density at radius 3 is 1.75 bits per heavy atom. The summed E-state index contributed by atoms with van der Waals surface area (Å²) in [5, 5.41) is 3.18. The van der Waals surface area contributed by atoms with Crippen LogP contribution in [0.4, 0.5) is 5.69 Å². The quantitative estimate of drug-likeness (QED) is 0.322. The lowest BCUT2D eigenvalue weighted by atomic mass is 9.55. The lowest BCUT2D eigenvalue weighted by Crippen LogP contribution is -2.47. The molecule has 4 aliphatic rings. The molecule has 1 fully saturated rings. The molecule has 8 heteroatoms. The number of imide groups is 1. The van der Waals surface area contributed by atoms with Crippen LogP contribution in [0.3, 0.4) is 0 Å². The summed E-state index contributed by atoms with van der Waals surface area (Å²) in [6, 6.07) is 21.4. The van der Waals surface area contributed by atoms with Crippen LogP contribution in [-0.4, -0.2) is 41.2 Å². The standard InChI is InChI=1S/C32H29ClN2O5/c1-17(2)15-24(32(39)40-16-25(36)34-19-13-11-18(33)12-14-19)35-30(37)28-26-20-7-3-4-8-21(20)27(29(28)31(35)38)23-10-6-5-9-22(23)26/h3-14,17,24,26-29H,15-16H2,1-2H3,(H,34,36)/t24-,26?,27?,28-,29-/m1/s1. The molecule has 1 saturated heterocycles. The molecule has 1 heterocycles. The number of nitrogens with one attached hydrogen (secondary N) is 1.